The largest absolute Gasteiger partial charge is 0.454 e. The summed E-state index contributed by atoms with van der Waals surface area (Å²) in [5, 5.41) is 0.560. The molecule has 0 bridgehead atoms. The van der Waals surface area contributed by atoms with Crippen LogP contribution < -0.4 is 18.9 Å². The zero-order chi connectivity index (χ0) is 20.7. The molecule has 0 amide bonds. The van der Waals surface area contributed by atoms with E-state index in [2.05, 4.69) is 0 Å². The van der Waals surface area contributed by atoms with Crippen LogP contribution in [0, 0.1) is 0 Å². The minimum atomic E-state index is -0.563. The van der Waals surface area contributed by atoms with E-state index in [1.165, 1.54) is 6.07 Å². The lowest BCUT2D eigenvalue weighted by atomic mass is 10.1. The first-order valence-corrected chi connectivity index (χ1v) is 9.40. The van der Waals surface area contributed by atoms with Crippen LogP contribution in [-0.2, 0) is 0 Å². The van der Waals surface area contributed by atoms with Crippen molar-refractivity contribution in [2.24, 2.45) is 0 Å². The van der Waals surface area contributed by atoms with Gasteiger partial charge in [0.25, 0.3) is 0 Å². The fourth-order valence-corrected chi connectivity index (χ4v) is 3.37. The van der Waals surface area contributed by atoms with Crippen LogP contribution in [0.4, 0.5) is 0 Å². The standard InChI is InChI=1S/C23H13ClO6/c24-15-3-1-2-13(8-15)9-21-22(25)17-6-5-16(11-19(17)30-21)29-23(26)14-4-7-18-20(10-14)28-12-27-18/h1-11H,12H2/b21-9-. The van der Waals surface area contributed by atoms with Crippen LogP contribution in [0.5, 0.6) is 23.0 Å². The lowest BCUT2D eigenvalue weighted by molar-refractivity contribution is 0.0734. The molecule has 0 atom stereocenters. The Balaban J connectivity index is 1.36. The average Bonchev–Trinajstić information content (AvgIpc) is 3.32. The van der Waals surface area contributed by atoms with Crippen LogP contribution in [0.15, 0.2) is 66.4 Å². The van der Waals surface area contributed by atoms with Crippen molar-refractivity contribution in [2.75, 3.05) is 6.79 Å². The van der Waals surface area contributed by atoms with E-state index in [0.717, 1.165) is 5.56 Å². The normalized spacial score (nSPS) is 15.1. The fraction of sp³-hybridized carbons (Fsp3) is 0.0435. The van der Waals surface area contributed by atoms with Crippen molar-refractivity contribution < 1.29 is 28.5 Å². The number of allylic oxidation sites excluding steroid dienone is 1. The second-order valence-electron chi connectivity index (χ2n) is 6.61. The van der Waals surface area contributed by atoms with Gasteiger partial charge < -0.3 is 18.9 Å². The van der Waals surface area contributed by atoms with E-state index in [-0.39, 0.29) is 24.1 Å². The molecule has 0 unspecified atom stereocenters. The molecule has 0 saturated carbocycles. The number of Topliss-reactive ketones (excluding diaryl/α,β-unsaturated/α-hetero) is 1. The van der Waals surface area contributed by atoms with Crippen molar-refractivity contribution in [2.45, 2.75) is 0 Å². The number of esters is 1. The first-order valence-electron chi connectivity index (χ1n) is 9.02. The summed E-state index contributed by atoms with van der Waals surface area (Å²) >= 11 is 5.99. The molecule has 0 N–H and O–H groups in total. The zero-order valence-electron chi connectivity index (χ0n) is 15.4. The number of hydrogen-bond donors (Lipinski definition) is 0. The van der Waals surface area contributed by atoms with Gasteiger partial charge in [-0.3, -0.25) is 4.79 Å². The van der Waals surface area contributed by atoms with Crippen LogP contribution in [0.2, 0.25) is 5.02 Å². The van der Waals surface area contributed by atoms with Gasteiger partial charge in [0.15, 0.2) is 17.3 Å². The van der Waals surface area contributed by atoms with E-state index in [1.807, 2.05) is 6.07 Å². The van der Waals surface area contributed by atoms with Crippen molar-refractivity contribution in [1.82, 2.24) is 0 Å². The van der Waals surface area contributed by atoms with Gasteiger partial charge in [0.1, 0.15) is 11.5 Å². The SMILES string of the molecule is O=C(Oc1ccc2c(c1)O/C(=C\c1cccc(Cl)c1)C2=O)c1ccc2c(c1)OCO2. The van der Waals surface area contributed by atoms with E-state index in [4.69, 9.17) is 30.5 Å². The molecule has 5 rings (SSSR count). The van der Waals surface area contributed by atoms with Crippen molar-refractivity contribution in [3.05, 3.63) is 88.1 Å². The lowest BCUT2D eigenvalue weighted by Crippen LogP contribution is -2.08. The smallest absolute Gasteiger partial charge is 0.343 e. The van der Waals surface area contributed by atoms with Gasteiger partial charge in [-0.2, -0.15) is 0 Å². The Morgan fingerprint density at radius 1 is 0.967 bits per heavy atom. The van der Waals surface area contributed by atoms with Gasteiger partial charge in [0.2, 0.25) is 12.6 Å². The Kier molecular flexibility index (Phi) is 4.41. The Bertz CT molecular complexity index is 1230. The van der Waals surface area contributed by atoms with Gasteiger partial charge in [-0.15, -0.1) is 0 Å². The van der Waals surface area contributed by atoms with Crippen molar-refractivity contribution in [1.29, 1.82) is 0 Å². The molecule has 0 aliphatic carbocycles. The van der Waals surface area contributed by atoms with Crippen LogP contribution >= 0.6 is 11.6 Å². The molecule has 148 valence electrons. The van der Waals surface area contributed by atoms with Gasteiger partial charge in [-0.1, -0.05) is 23.7 Å². The van der Waals surface area contributed by atoms with Crippen LogP contribution in [0.1, 0.15) is 26.3 Å². The van der Waals surface area contributed by atoms with E-state index in [9.17, 15) is 9.59 Å². The quantitative estimate of drug-likeness (QED) is 0.341. The summed E-state index contributed by atoms with van der Waals surface area (Å²) < 4.78 is 21.6. The molecule has 2 aliphatic rings. The number of hydrogen-bond acceptors (Lipinski definition) is 6. The van der Waals surface area contributed by atoms with Crippen LogP contribution in [0.3, 0.4) is 0 Å². The zero-order valence-corrected chi connectivity index (χ0v) is 16.1. The Labute approximate surface area is 176 Å². The number of ketones is 1. The second-order valence-corrected chi connectivity index (χ2v) is 7.05. The molecule has 0 saturated heterocycles. The molecular weight excluding hydrogens is 408 g/mol. The minimum Gasteiger partial charge on any atom is -0.454 e. The molecule has 7 heteroatoms. The third-order valence-corrected chi connectivity index (χ3v) is 4.84. The molecular formula is C23H13ClO6. The van der Waals surface area contributed by atoms with Crippen molar-refractivity contribution in [3.8, 4) is 23.0 Å². The molecule has 0 aromatic heterocycles. The van der Waals surface area contributed by atoms with E-state index in [0.29, 0.717) is 33.4 Å². The molecule has 0 fully saturated rings. The van der Waals surface area contributed by atoms with Gasteiger partial charge in [0, 0.05) is 11.1 Å². The number of carbonyl (C=O) groups excluding carboxylic acids is 2. The number of carbonyl (C=O) groups is 2. The maximum absolute atomic E-state index is 12.6. The predicted octanol–water partition coefficient (Wildman–Crippen LogP) is 4.90. The third kappa shape index (κ3) is 3.38. The average molecular weight is 421 g/mol. The number of fused-ring (bicyclic) bond motifs is 2. The first-order chi connectivity index (χ1) is 14.6. The minimum absolute atomic E-state index is 0.120. The molecule has 0 radical (unpaired) electrons. The number of halogens is 1. The number of rotatable bonds is 3. The molecule has 30 heavy (non-hydrogen) atoms. The molecule has 0 spiro atoms. The summed E-state index contributed by atoms with van der Waals surface area (Å²) in [6.07, 6.45) is 1.62. The fourth-order valence-electron chi connectivity index (χ4n) is 3.17. The molecule has 6 nitrogen and oxygen atoms in total. The molecule has 2 heterocycles. The van der Waals surface area contributed by atoms with Crippen LogP contribution in [0.25, 0.3) is 6.08 Å². The highest BCUT2D eigenvalue weighted by atomic mass is 35.5. The van der Waals surface area contributed by atoms with Crippen molar-refractivity contribution >= 4 is 29.4 Å². The lowest BCUT2D eigenvalue weighted by Gasteiger charge is -2.06. The summed E-state index contributed by atoms with van der Waals surface area (Å²) in [6.45, 7) is 0.120. The van der Waals surface area contributed by atoms with Gasteiger partial charge >= 0.3 is 5.97 Å². The second kappa shape index (κ2) is 7.24. The molecule has 3 aromatic rings. The number of ether oxygens (including phenoxy) is 4. The van der Waals surface area contributed by atoms with Crippen LogP contribution in [-0.4, -0.2) is 18.5 Å². The topological polar surface area (TPSA) is 71.1 Å². The highest BCUT2D eigenvalue weighted by molar-refractivity contribution is 6.30. The first kappa shape index (κ1) is 18.3. The van der Waals surface area contributed by atoms with Crippen molar-refractivity contribution in [3.63, 3.8) is 0 Å². The highest BCUT2D eigenvalue weighted by Gasteiger charge is 2.28. The summed E-state index contributed by atoms with van der Waals surface area (Å²) in [4.78, 5) is 25.1. The molecule has 3 aromatic carbocycles. The number of benzene rings is 3. The molecule has 2 aliphatic heterocycles. The Morgan fingerprint density at radius 2 is 1.83 bits per heavy atom. The maximum atomic E-state index is 12.6. The summed E-state index contributed by atoms with van der Waals surface area (Å²) in [7, 11) is 0. The summed E-state index contributed by atoms with van der Waals surface area (Å²) in [5.41, 5.74) is 1.46. The van der Waals surface area contributed by atoms with Gasteiger partial charge in [-0.05, 0) is 54.1 Å². The van der Waals surface area contributed by atoms with E-state index >= 15 is 0 Å². The van der Waals surface area contributed by atoms with E-state index < -0.39 is 5.97 Å². The van der Waals surface area contributed by atoms with Gasteiger partial charge in [0.05, 0.1) is 11.1 Å². The highest BCUT2D eigenvalue weighted by Crippen LogP contribution is 2.36. The Morgan fingerprint density at radius 3 is 2.70 bits per heavy atom. The maximum Gasteiger partial charge on any atom is 0.343 e. The summed E-state index contributed by atoms with van der Waals surface area (Å²) in [6, 6.07) is 16.5. The monoisotopic (exact) mass is 420 g/mol. The van der Waals surface area contributed by atoms with E-state index in [1.54, 1.807) is 54.6 Å². The third-order valence-electron chi connectivity index (χ3n) is 4.61. The predicted molar refractivity (Wildman–Crippen MR) is 108 cm³/mol. The van der Waals surface area contributed by atoms with Gasteiger partial charge in [-0.25, -0.2) is 4.79 Å². The summed E-state index contributed by atoms with van der Waals surface area (Å²) in [5.74, 6) is 1.01. The Hall–Kier alpha value is -3.77.